The summed E-state index contributed by atoms with van der Waals surface area (Å²) < 4.78 is 26.8. The lowest BCUT2D eigenvalue weighted by Gasteiger charge is -2.41. The Morgan fingerprint density at radius 1 is 1.10 bits per heavy atom. The zero-order valence-electron chi connectivity index (χ0n) is 13.1. The number of rotatable bonds is 3. The average molecular weight is 318 g/mol. The number of nitrogens with zero attached hydrogens (tertiary/aromatic N) is 3. The van der Waals surface area contributed by atoms with Crippen molar-refractivity contribution in [1.82, 2.24) is 18.8 Å². The van der Waals surface area contributed by atoms with Gasteiger partial charge in [-0.2, -0.15) is 17.0 Å². The van der Waals surface area contributed by atoms with E-state index in [1.165, 1.54) is 22.7 Å². The highest BCUT2D eigenvalue weighted by Crippen LogP contribution is 2.30. The Morgan fingerprint density at radius 3 is 2.10 bits per heavy atom. The molecule has 2 heterocycles. The molecule has 7 nitrogen and oxygen atoms in total. The summed E-state index contributed by atoms with van der Waals surface area (Å²) in [6.45, 7) is 5.48. The third-order valence-electron chi connectivity index (χ3n) is 4.54. The van der Waals surface area contributed by atoms with Crippen molar-refractivity contribution in [2.24, 2.45) is 5.41 Å². The largest absolute Gasteiger partial charge is 0.340 e. The van der Waals surface area contributed by atoms with Crippen molar-refractivity contribution in [2.45, 2.75) is 19.8 Å². The van der Waals surface area contributed by atoms with Crippen molar-refractivity contribution >= 4 is 16.1 Å². The van der Waals surface area contributed by atoms with Gasteiger partial charge in [-0.15, -0.1) is 0 Å². The van der Waals surface area contributed by atoms with Crippen LogP contribution in [0, 0.1) is 5.41 Å². The molecule has 0 aromatic rings. The fraction of sp³-hybridized carbons (Fsp3) is 0.923. The summed E-state index contributed by atoms with van der Waals surface area (Å²) in [6.07, 6.45) is 1.70. The van der Waals surface area contributed by atoms with Gasteiger partial charge in [-0.1, -0.05) is 6.92 Å². The number of carbonyl (C=O) groups is 1. The third-order valence-corrected chi connectivity index (χ3v) is 6.48. The molecule has 2 rings (SSSR count). The van der Waals surface area contributed by atoms with E-state index >= 15 is 0 Å². The van der Waals surface area contributed by atoms with E-state index < -0.39 is 10.2 Å². The average Bonchev–Trinajstić information content (AvgIpc) is 2.47. The second kappa shape index (κ2) is 6.20. The van der Waals surface area contributed by atoms with Crippen LogP contribution in [0.1, 0.15) is 19.8 Å². The summed E-state index contributed by atoms with van der Waals surface area (Å²) in [6, 6.07) is 0. The van der Waals surface area contributed by atoms with Gasteiger partial charge in [0, 0.05) is 45.7 Å². The maximum Gasteiger partial charge on any atom is 0.281 e. The topological polar surface area (TPSA) is 73.0 Å². The van der Waals surface area contributed by atoms with Crippen LogP contribution < -0.4 is 5.32 Å². The van der Waals surface area contributed by atoms with Crippen molar-refractivity contribution in [3.8, 4) is 0 Å². The third kappa shape index (κ3) is 3.39. The van der Waals surface area contributed by atoms with Crippen LogP contribution in [0.2, 0.25) is 0 Å². The van der Waals surface area contributed by atoms with Crippen LogP contribution in [-0.4, -0.2) is 81.2 Å². The Bertz CT molecular complexity index is 478. The standard InChI is InChI=1S/C13H26N4O3S/c1-13(4-6-14-7-5-13)12(18)16-8-10-17(11-9-16)21(19,20)15(2)3/h14H,4-11H2,1-3H3. The summed E-state index contributed by atoms with van der Waals surface area (Å²) in [5.74, 6) is 0.172. The first-order chi connectivity index (χ1) is 9.77. The van der Waals surface area contributed by atoms with Gasteiger partial charge in [-0.3, -0.25) is 4.79 Å². The molecule has 1 amide bonds. The maximum atomic E-state index is 12.7. The van der Waals surface area contributed by atoms with Crippen LogP contribution in [0.15, 0.2) is 0 Å². The fourth-order valence-electron chi connectivity index (χ4n) is 2.93. The summed E-state index contributed by atoms with van der Waals surface area (Å²) in [5.41, 5.74) is -0.298. The number of nitrogens with one attached hydrogen (secondary N) is 1. The molecule has 0 aromatic carbocycles. The molecule has 0 aromatic heterocycles. The van der Waals surface area contributed by atoms with E-state index in [0.29, 0.717) is 26.2 Å². The van der Waals surface area contributed by atoms with Gasteiger partial charge in [0.1, 0.15) is 0 Å². The zero-order chi connectivity index (χ0) is 15.7. The molecule has 0 radical (unpaired) electrons. The Labute approximate surface area is 127 Å². The van der Waals surface area contributed by atoms with E-state index in [0.717, 1.165) is 25.9 Å². The second-order valence-corrected chi connectivity index (χ2v) is 8.43. The molecule has 0 bridgehead atoms. The highest BCUT2D eigenvalue weighted by molar-refractivity contribution is 7.86. The molecule has 0 spiro atoms. The van der Waals surface area contributed by atoms with Gasteiger partial charge >= 0.3 is 0 Å². The molecule has 0 unspecified atom stereocenters. The number of carbonyl (C=O) groups excluding carboxylic acids is 1. The SMILES string of the molecule is CN(C)S(=O)(=O)N1CCN(C(=O)C2(C)CCNCC2)CC1. The minimum atomic E-state index is -3.37. The number of piperazine rings is 1. The monoisotopic (exact) mass is 318 g/mol. The highest BCUT2D eigenvalue weighted by Gasteiger charge is 2.39. The van der Waals surface area contributed by atoms with Gasteiger partial charge in [0.15, 0.2) is 0 Å². The Hall–Kier alpha value is -0.700. The van der Waals surface area contributed by atoms with Crippen LogP contribution in [-0.2, 0) is 15.0 Å². The molecule has 8 heteroatoms. The molecule has 2 aliphatic rings. The van der Waals surface area contributed by atoms with Crippen LogP contribution in [0.4, 0.5) is 0 Å². The molecule has 2 saturated heterocycles. The molecule has 2 fully saturated rings. The molecule has 0 saturated carbocycles. The van der Waals surface area contributed by atoms with E-state index in [1.807, 2.05) is 11.8 Å². The van der Waals surface area contributed by atoms with Crippen molar-refractivity contribution in [3.63, 3.8) is 0 Å². The van der Waals surface area contributed by atoms with Gasteiger partial charge in [0.05, 0.1) is 0 Å². The summed E-state index contributed by atoms with van der Waals surface area (Å²) in [7, 11) is -0.309. The Morgan fingerprint density at radius 2 is 1.62 bits per heavy atom. The number of piperidine rings is 1. The van der Waals surface area contributed by atoms with Crippen LogP contribution in [0.3, 0.4) is 0 Å². The summed E-state index contributed by atoms with van der Waals surface area (Å²) in [4.78, 5) is 14.5. The molecule has 0 atom stereocenters. The first-order valence-electron chi connectivity index (χ1n) is 7.45. The summed E-state index contributed by atoms with van der Waals surface area (Å²) >= 11 is 0. The fourth-order valence-corrected chi connectivity index (χ4v) is 4.01. The smallest absolute Gasteiger partial charge is 0.281 e. The predicted octanol–water partition coefficient (Wildman–Crippen LogP) is -0.673. The van der Waals surface area contributed by atoms with E-state index in [-0.39, 0.29) is 11.3 Å². The van der Waals surface area contributed by atoms with Crippen molar-refractivity contribution in [3.05, 3.63) is 0 Å². The van der Waals surface area contributed by atoms with Crippen LogP contribution in [0.25, 0.3) is 0 Å². The van der Waals surface area contributed by atoms with Crippen molar-refractivity contribution in [1.29, 1.82) is 0 Å². The predicted molar refractivity (Wildman–Crippen MR) is 81.0 cm³/mol. The van der Waals surface area contributed by atoms with Gasteiger partial charge in [-0.25, -0.2) is 0 Å². The second-order valence-electron chi connectivity index (χ2n) is 6.29. The Balaban J connectivity index is 1.96. The molecule has 2 aliphatic heterocycles. The van der Waals surface area contributed by atoms with Gasteiger partial charge in [0.25, 0.3) is 10.2 Å². The summed E-state index contributed by atoms with van der Waals surface area (Å²) in [5, 5.41) is 3.27. The quantitative estimate of drug-likeness (QED) is 0.749. The molecule has 1 N–H and O–H groups in total. The number of hydrogen-bond donors (Lipinski definition) is 1. The van der Waals surface area contributed by atoms with Gasteiger partial charge in [0.2, 0.25) is 5.91 Å². The lowest BCUT2D eigenvalue weighted by Crippen LogP contribution is -2.56. The lowest BCUT2D eigenvalue weighted by atomic mass is 9.79. The first-order valence-corrected chi connectivity index (χ1v) is 8.85. The minimum Gasteiger partial charge on any atom is -0.340 e. The van der Waals surface area contributed by atoms with E-state index in [1.54, 1.807) is 0 Å². The Kier molecular flexibility index (Phi) is 4.92. The number of amides is 1. The highest BCUT2D eigenvalue weighted by atomic mass is 32.2. The van der Waals surface area contributed by atoms with Crippen LogP contribution >= 0.6 is 0 Å². The first kappa shape index (κ1) is 16.7. The molecule has 0 aliphatic carbocycles. The molecule has 122 valence electrons. The van der Waals surface area contributed by atoms with E-state index in [9.17, 15) is 13.2 Å². The molecule has 21 heavy (non-hydrogen) atoms. The molecular weight excluding hydrogens is 292 g/mol. The maximum absolute atomic E-state index is 12.7. The zero-order valence-corrected chi connectivity index (χ0v) is 13.9. The lowest BCUT2D eigenvalue weighted by molar-refractivity contribution is -0.144. The van der Waals surface area contributed by atoms with E-state index in [4.69, 9.17) is 0 Å². The van der Waals surface area contributed by atoms with Gasteiger partial charge in [-0.05, 0) is 25.9 Å². The van der Waals surface area contributed by atoms with Crippen molar-refractivity contribution < 1.29 is 13.2 Å². The molecular formula is C13H26N4O3S. The normalized spacial score (nSPS) is 24.3. The van der Waals surface area contributed by atoms with Gasteiger partial charge < -0.3 is 10.2 Å². The minimum absolute atomic E-state index is 0.172. The van der Waals surface area contributed by atoms with E-state index in [2.05, 4.69) is 5.32 Å². The van der Waals surface area contributed by atoms with Crippen molar-refractivity contribution in [2.75, 3.05) is 53.4 Å². The van der Waals surface area contributed by atoms with Crippen LogP contribution in [0.5, 0.6) is 0 Å². The number of hydrogen-bond acceptors (Lipinski definition) is 4.